The van der Waals surface area contributed by atoms with E-state index in [1.165, 1.54) is 37.2 Å². The zero-order chi connectivity index (χ0) is 35.3. The molecule has 4 atom stereocenters. The van der Waals surface area contributed by atoms with Crippen molar-refractivity contribution in [2.75, 3.05) is 32.3 Å². The van der Waals surface area contributed by atoms with Gasteiger partial charge in [0.05, 0.1) is 27.2 Å². The van der Waals surface area contributed by atoms with E-state index < -0.39 is 50.5 Å². The van der Waals surface area contributed by atoms with Gasteiger partial charge in [0.25, 0.3) is 0 Å². The highest BCUT2D eigenvalue weighted by molar-refractivity contribution is 7.49. The maximum absolute atomic E-state index is 16.2. The minimum absolute atomic E-state index is 0.00296. The number of carbonyl (C=O) groups excluding carboxylic acids is 2. The van der Waals surface area contributed by atoms with Gasteiger partial charge in [-0.25, -0.2) is 13.9 Å². The number of carbonyl (C=O) groups is 2. The molecule has 5 N–H and O–H groups in total. The van der Waals surface area contributed by atoms with E-state index in [9.17, 15) is 19.3 Å². The Hall–Kier alpha value is -4.83. The van der Waals surface area contributed by atoms with Gasteiger partial charge < -0.3 is 39.8 Å². The zero-order valence-corrected chi connectivity index (χ0v) is 27.7. The minimum Gasteiger partial charge on any atom is -0.469 e. The Morgan fingerprint density at radius 2 is 1.53 bits per heavy atom. The fraction of sp³-hybridized carbons (Fsp3) is 0.387. The van der Waals surface area contributed by atoms with E-state index >= 15 is 4.39 Å². The molecule has 5 rings (SSSR count). The Labute approximate surface area is 280 Å². The van der Waals surface area contributed by atoms with Crippen LogP contribution in [0.4, 0.5) is 16.2 Å². The van der Waals surface area contributed by atoms with Crippen LogP contribution in [0.3, 0.4) is 0 Å². The lowest BCUT2D eigenvalue weighted by Gasteiger charge is -2.25. The number of hydrogen-bond donors (Lipinski definition) is 3. The molecule has 18 heteroatoms. The molecule has 0 saturated carbocycles. The molecule has 1 aliphatic heterocycles. The molecule has 0 aliphatic carbocycles. The van der Waals surface area contributed by atoms with Gasteiger partial charge >= 0.3 is 19.8 Å². The first kappa shape index (κ1) is 35.5. The molecular weight excluding hydrogens is 666 g/mol. The summed E-state index contributed by atoms with van der Waals surface area (Å²) in [6, 6.07) is 13.0. The number of methoxy groups -OCH3 is 2. The van der Waals surface area contributed by atoms with E-state index in [1.807, 2.05) is 0 Å². The summed E-state index contributed by atoms with van der Waals surface area (Å²) in [5, 5.41) is 11.1. The number of hydrogen-bond acceptors (Lipinski definition) is 15. The number of imidazole rings is 1. The second-order valence-corrected chi connectivity index (χ2v) is 12.7. The van der Waals surface area contributed by atoms with Crippen molar-refractivity contribution in [3.63, 3.8) is 0 Å². The lowest BCUT2D eigenvalue weighted by atomic mass is 9.98. The number of aliphatic hydroxyl groups excluding tert-OH is 1. The van der Waals surface area contributed by atoms with Crippen LogP contribution in [0, 0.1) is 0 Å². The van der Waals surface area contributed by atoms with E-state index in [2.05, 4.69) is 15.0 Å². The summed E-state index contributed by atoms with van der Waals surface area (Å²) in [5.74, 6) is -1.01. The number of aryl methyl sites for hydroxylation is 2. The number of halogens is 1. The van der Waals surface area contributed by atoms with E-state index in [4.69, 9.17) is 39.2 Å². The Morgan fingerprint density at radius 3 is 2.08 bits per heavy atom. The van der Waals surface area contributed by atoms with E-state index in [-0.39, 0.29) is 60.1 Å². The predicted octanol–water partition coefficient (Wildman–Crippen LogP) is 3.47. The summed E-state index contributed by atoms with van der Waals surface area (Å²) in [7, 11) is -2.17. The van der Waals surface area contributed by atoms with Gasteiger partial charge in [-0.1, -0.05) is 36.4 Å². The van der Waals surface area contributed by atoms with E-state index in [1.54, 1.807) is 36.4 Å². The Morgan fingerprint density at radius 1 is 0.980 bits per heavy atom. The minimum atomic E-state index is -4.70. The van der Waals surface area contributed by atoms with Gasteiger partial charge in [0.15, 0.2) is 23.4 Å². The number of aliphatic hydroxyl groups is 1. The van der Waals surface area contributed by atoms with Crippen LogP contribution in [0.5, 0.6) is 11.5 Å². The smallest absolute Gasteiger partial charge is 0.469 e. The first-order valence-corrected chi connectivity index (χ1v) is 16.5. The van der Waals surface area contributed by atoms with E-state index in [0.717, 1.165) is 6.92 Å². The Balaban J connectivity index is 1.43. The van der Waals surface area contributed by atoms with Gasteiger partial charge in [0.2, 0.25) is 5.95 Å². The van der Waals surface area contributed by atoms with Crippen LogP contribution in [0.1, 0.15) is 37.1 Å². The second-order valence-electron chi connectivity index (χ2n) is 11.2. The average Bonchev–Trinajstić information content (AvgIpc) is 3.59. The van der Waals surface area contributed by atoms with Crippen molar-refractivity contribution in [2.45, 2.75) is 56.7 Å². The zero-order valence-electron chi connectivity index (χ0n) is 26.9. The molecule has 2 aromatic carbocycles. The number of esters is 2. The maximum atomic E-state index is 16.2. The lowest BCUT2D eigenvalue weighted by Crippen LogP contribution is -2.40. The number of ether oxygens (including phenoxy) is 3. The first-order valence-electron chi connectivity index (χ1n) is 15.1. The number of anilines is 2. The Bertz CT molecular complexity index is 1800. The highest BCUT2D eigenvalue weighted by atomic mass is 31.2. The molecule has 0 unspecified atom stereocenters. The molecule has 0 amide bonds. The summed E-state index contributed by atoms with van der Waals surface area (Å²) < 4.78 is 64.9. The molecule has 262 valence electrons. The molecule has 49 heavy (non-hydrogen) atoms. The number of nitrogen functional groups attached to an aromatic ring is 2. The third-order valence-electron chi connectivity index (χ3n) is 7.85. The highest BCUT2D eigenvalue weighted by Gasteiger charge is 2.56. The van der Waals surface area contributed by atoms with Gasteiger partial charge in [0.1, 0.15) is 29.2 Å². The molecule has 16 nitrogen and oxygen atoms in total. The molecule has 4 aromatic rings. The normalized spacial score (nSPS) is 20.6. The lowest BCUT2D eigenvalue weighted by molar-refractivity contribution is -0.141. The summed E-state index contributed by atoms with van der Waals surface area (Å²) in [6.07, 6.45) is -3.13. The van der Waals surface area contributed by atoms with Crippen LogP contribution in [0.15, 0.2) is 54.9 Å². The molecule has 1 saturated heterocycles. The van der Waals surface area contributed by atoms with Gasteiger partial charge in [0, 0.05) is 12.8 Å². The Kier molecular flexibility index (Phi) is 10.7. The monoisotopic (exact) mass is 702 g/mol. The van der Waals surface area contributed by atoms with E-state index in [0.29, 0.717) is 11.1 Å². The SMILES string of the molecule is COC(=O)CCc1ccccc1OP(=O)(OC[C@H]1O[C@@H](n2cnc3c(N)nc(N)nc32)[C@@](C)(F)[C@H]1O)Oc1ccccc1CCC(=O)OC. The average molecular weight is 703 g/mol. The molecular formula is C31H36FN6O10P. The number of alkyl halides is 1. The topological polar surface area (TPSA) is 222 Å². The summed E-state index contributed by atoms with van der Waals surface area (Å²) in [5.41, 5.74) is 10.4. The number of nitrogens with zero attached hydrogens (tertiary/aromatic N) is 4. The quantitative estimate of drug-likeness (QED) is 0.126. The number of nitrogens with two attached hydrogens (primary N) is 2. The molecule has 3 heterocycles. The molecule has 1 fully saturated rings. The maximum Gasteiger partial charge on any atom is 0.587 e. The van der Waals surface area contributed by atoms with Crippen molar-refractivity contribution in [3.05, 3.63) is 66.0 Å². The van der Waals surface area contributed by atoms with Crippen LogP contribution >= 0.6 is 7.82 Å². The van der Waals surface area contributed by atoms with Crippen LogP contribution in [0.25, 0.3) is 11.2 Å². The third kappa shape index (κ3) is 7.91. The third-order valence-corrected chi connectivity index (χ3v) is 9.16. The number of fused-ring (bicyclic) bond motifs is 1. The molecule has 2 aromatic heterocycles. The molecule has 0 spiro atoms. The molecule has 0 radical (unpaired) electrons. The van der Waals surface area contributed by atoms with Gasteiger partial charge in [-0.05, 0) is 43.0 Å². The molecule has 0 bridgehead atoms. The van der Waals surface area contributed by atoms with Crippen LogP contribution < -0.4 is 20.5 Å². The number of aromatic nitrogens is 4. The number of para-hydroxylation sites is 2. The number of phosphoric ester groups is 1. The standard InChI is InChI=1S/C31H36FN6O10P/c1-31(32)26(41)22(46-29(31)38-17-35-25-27(33)36-30(34)37-28(25)38)16-45-49(42,47-20-10-6-4-8-18(20)12-14-23(39)43-2)48-21-11-7-5-9-19(21)13-15-24(40)44-3/h4-11,17,22,26,29,41H,12-16H2,1-3H3,(H4,33,34,36,37)/t22-,26+,29-,31+/m1/s1. The van der Waals surface area contributed by atoms with Crippen molar-refractivity contribution >= 4 is 42.7 Å². The van der Waals surface area contributed by atoms with Crippen molar-refractivity contribution < 1.29 is 51.4 Å². The van der Waals surface area contributed by atoms with Crippen molar-refractivity contribution in [1.29, 1.82) is 0 Å². The number of rotatable bonds is 14. The van der Waals surface area contributed by atoms with Crippen LogP contribution in [-0.2, 0) is 45.7 Å². The van der Waals surface area contributed by atoms with Crippen LogP contribution in [0.2, 0.25) is 0 Å². The molecule has 1 aliphatic rings. The fourth-order valence-corrected chi connectivity index (χ4v) is 6.54. The highest BCUT2D eigenvalue weighted by Crippen LogP contribution is 2.52. The summed E-state index contributed by atoms with van der Waals surface area (Å²) >= 11 is 0. The van der Waals surface area contributed by atoms with Crippen molar-refractivity contribution in [3.8, 4) is 11.5 Å². The number of benzene rings is 2. The van der Waals surface area contributed by atoms with Crippen molar-refractivity contribution in [2.24, 2.45) is 0 Å². The van der Waals surface area contributed by atoms with Gasteiger partial charge in [-0.2, -0.15) is 9.97 Å². The van der Waals surface area contributed by atoms with Gasteiger partial charge in [-0.3, -0.25) is 18.7 Å². The number of phosphoric acid groups is 1. The predicted molar refractivity (Wildman–Crippen MR) is 172 cm³/mol. The van der Waals surface area contributed by atoms with Gasteiger partial charge in [-0.15, -0.1) is 0 Å². The largest absolute Gasteiger partial charge is 0.587 e. The second kappa shape index (κ2) is 14.7. The van der Waals surface area contributed by atoms with Crippen LogP contribution in [-0.4, -0.2) is 75.3 Å². The first-order chi connectivity index (χ1) is 23.3. The summed E-state index contributed by atoms with van der Waals surface area (Å²) in [4.78, 5) is 35.8. The summed E-state index contributed by atoms with van der Waals surface area (Å²) in [6.45, 7) is 0.443. The fourth-order valence-electron chi connectivity index (χ4n) is 5.23. The van der Waals surface area contributed by atoms with Crippen molar-refractivity contribution in [1.82, 2.24) is 19.5 Å².